The summed E-state index contributed by atoms with van der Waals surface area (Å²) in [4.78, 5) is 11.4. The van der Waals surface area contributed by atoms with Gasteiger partial charge in [-0.05, 0) is 36.4 Å². The standard InChI is InChI=1S/C18H16N2O4S/c1-22-15-6-4-3-5-13(15)14-8-10-17(20-19-14)25-11-12-7-9-16(24-12)18(21)23-2/h3-10H,11H2,1-2H3. The average molecular weight is 356 g/mol. The van der Waals surface area contributed by atoms with Gasteiger partial charge in [0.05, 0.1) is 25.7 Å². The van der Waals surface area contributed by atoms with Crippen LogP contribution >= 0.6 is 11.8 Å². The van der Waals surface area contributed by atoms with Gasteiger partial charge in [0.2, 0.25) is 5.76 Å². The Bertz CT molecular complexity index is 862. The van der Waals surface area contributed by atoms with Crippen LogP contribution in [0.2, 0.25) is 0 Å². The second kappa shape index (κ2) is 7.85. The van der Waals surface area contributed by atoms with Gasteiger partial charge in [-0.15, -0.1) is 10.2 Å². The Morgan fingerprint density at radius 1 is 1.08 bits per heavy atom. The van der Waals surface area contributed by atoms with Crippen molar-refractivity contribution in [1.29, 1.82) is 0 Å². The Morgan fingerprint density at radius 3 is 2.64 bits per heavy atom. The molecule has 0 unspecified atom stereocenters. The van der Waals surface area contributed by atoms with Gasteiger partial charge >= 0.3 is 5.97 Å². The zero-order valence-corrected chi connectivity index (χ0v) is 14.6. The van der Waals surface area contributed by atoms with Crippen molar-refractivity contribution in [3.05, 3.63) is 60.1 Å². The van der Waals surface area contributed by atoms with Crippen molar-refractivity contribution in [1.82, 2.24) is 10.2 Å². The third-order valence-corrected chi connectivity index (χ3v) is 4.38. The number of ether oxygens (including phenoxy) is 2. The molecule has 0 aliphatic carbocycles. The highest BCUT2D eigenvalue weighted by Gasteiger charge is 2.12. The normalized spacial score (nSPS) is 10.5. The van der Waals surface area contributed by atoms with E-state index in [9.17, 15) is 4.79 Å². The van der Waals surface area contributed by atoms with Crippen LogP contribution in [0.25, 0.3) is 11.3 Å². The summed E-state index contributed by atoms with van der Waals surface area (Å²) in [6.07, 6.45) is 0. The molecular weight excluding hydrogens is 340 g/mol. The number of hydrogen-bond donors (Lipinski definition) is 0. The zero-order valence-electron chi connectivity index (χ0n) is 13.8. The fourth-order valence-electron chi connectivity index (χ4n) is 2.21. The van der Waals surface area contributed by atoms with Crippen LogP contribution in [0.3, 0.4) is 0 Å². The molecule has 2 heterocycles. The molecule has 128 valence electrons. The Morgan fingerprint density at radius 2 is 1.92 bits per heavy atom. The fraction of sp³-hybridized carbons (Fsp3) is 0.167. The van der Waals surface area contributed by atoms with Crippen LogP contribution in [-0.4, -0.2) is 30.4 Å². The first-order valence-electron chi connectivity index (χ1n) is 7.48. The lowest BCUT2D eigenvalue weighted by atomic mass is 10.1. The van der Waals surface area contributed by atoms with Gasteiger partial charge in [0.25, 0.3) is 0 Å². The van der Waals surface area contributed by atoms with E-state index in [0.29, 0.717) is 11.5 Å². The molecule has 0 saturated carbocycles. The van der Waals surface area contributed by atoms with E-state index in [0.717, 1.165) is 22.0 Å². The van der Waals surface area contributed by atoms with E-state index in [4.69, 9.17) is 9.15 Å². The number of thioether (sulfide) groups is 1. The van der Waals surface area contributed by atoms with Crippen LogP contribution < -0.4 is 4.74 Å². The molecular formula is C18H16N2O4S. The Hall–Kier alpha value is -2.80. The SMILES string of the molecule is COC(=O)c1ccc(CSc2ccc(-c3ccccc3OC)nn2)o1. The fourth-order valence-corrected chi connectivity index (χ4v) is 2.92. The summed E-state index contributed by atoms with van der Waals surface area (Å²) in [6.45, 7) is 0. The second-order valence-electron chi connectivity index (χ2n) is 5.00. The van der Waals surface area contributed by atoms with Gasteiger partial charge < -0.3 is 13.9 Å². The average Bonchev–Trinajstić information content (AvgIpc) is 3.15. The van der Waals surface area contributed by atoms with Gasteiger partial charge in [0.1, 0.15) is 16.5 Å². The van der Waals surface area contributed by atoms with Crippen molar-refractivity contribution < 1.29 is 18.7 Å². The van der Waals surface area contributed by atoms with Gasteiger partial charge in [0, 0.05) is 5.56 Å². The molecule has 0 N–H and O–H groups in total. The first-order valence-corrected chi connectivity index (χ1v) is 8.46. The minimum Gasteiger partial charge on any atom is -0.496 e. The molecule has 0 bridgehead atoms. The maximum Gasteiger partial charge on any atom is 0.373 e. The highest BCUT2D eigenvalue weighted by Crippen LogP contribution is 2.29. The van der Waals surface area contributed by atoms with E-state index in [2.05, 4.69) is 14.9 Å². The molecule has 0 aliphatic heterocycles. The summed E-state index contributed by atoms with van der Waals surface area (Å²) in [6, 6.07) is 14.8. The number of furan rings is 1. The number of methoxy groups -OCH3 is 2. The van der Waals surface area contributed by atoms with Crippen molar-refractivity contribution in [3.63, 3.8) is 0 Å². The van der Waals surface area contributed by atoms with E-state index in [-0.39, 0.29) is 5.76 Å². The Labute approximate surface area is 149 Å². The van der Waals surface area contributed by atoms with Crippen LogP contribution in [-0.2, 0) is 10.5 Å². The number of benzene rings is 1. The number of para-hydroxylation sites is 1. The molecule has 6 nitrogen and oxygen atoms in total. The third-order valence-electron chi connectivity index (χ3n) is 3.43. The zero-order chi connectivity index (χ0) is 17.6. The number of aromatic nitrogens is 2. The molecule has 0 aliphatic rings. The van der Waals surface area contributed by atoms with Crippen molar-refractivity contribution in [2.45, 2.75) is 10.8 Å². The molecule has 3 aromatic rings. The Kier molecular flexibility index (Phi) is 5.35. The summed E-state index contributed by atoms with van der Waals surface area (Å²) in [5.74, 6) is 1.66. The highest BCUT2D eigenvalue weighted by atomic mass is 32.2. The Balaban J connectivity index is 1.67. The number of carbonyl (C=O) groups excluding carboxylic acids is 1. The summed E-state index contributed by atoms with van der Waals surface area (Å²) in [5.41, 5.74) is 1.63. The molecule has 0 saturated heterocycles. The van der Waals surface area contributed by atoms with Crippen molar-refractivity contribution in [2.24, 2.45) is 0 Å². The van der Waals surface area contributed by atoms with Crippen LogP contribution in [0.1, 0.15) is 16.3 Å². The number of carbonyl (C=O) groups is 1. The first kappa shape index (κ1) is 17.0. The molecule has 0 amide bonds. The molecule has 2 aromatic heterocycles. The summed E-state index contributed by atoms with van der Waals surface area (Å²) < 4.78 is 15.4. The molecule has 0 spiro atoms. The van der Waals surface area contributed by atoms with Gasteiger partial charge in [-0.25, -0.2) is 4.79 Å². The first-order chi connectivity index (χ1) is 12.2. The van der Waals surface area contributed by atoms with Crippen LogP contribution in [0.15, 0.2) is 58.0 Å². The van der Waals surface area contributed by atoms with E-state index in [1.165, 1.54) is 18.9 Å². The van der Waals surface area contributed by atoms with Crippen molar-refractivity contribution in [3.8, 4) is 17.0 Å². The molecule has 0 radical (unpaired) electrons. The predicted molar refractivity (Wildman–Crippen MR) is 93.6 cm³/mol. The maximum atomic E-state index is 11.4. The highest BCUT2D eigenvalue weighted by molar-refractivity contribution is 7.98. The smallest absolute Gasteiger partial charge is 0.373 e. The van der Waals surface area contributed by atoms with Crippen LogP contribution in [0.4, 0.5) is 0 Å². The summed E-state index contributed by atoms with van der Waals surface area (Å²) >= 11 is 1.47. The lowest BCUT2D eigenvalue weighted by Crippen LogP contribution is -1.98. The minimum atomic E-state index is -0.489. The lowest BCUT2D eigenvalue weighted by molar-refractivity contribution is 0.0563. The summed E-state index contributed by atoms with van der Waals surface area (Å²) in [5, 5.41) is 9.25. The van der Waals surface area contributed by atoms with Gasteiger partial charge in [-0.3, -0.25) is 0 Å². The molecule has 0 fully saturated rings. The monoisotopic (exact) mass is 356 g/mol. The van der Waals surface area contributed by atoms with E-state index >= 15 is 0 Å². The van der Waals surface area contributed by atoms with Crippen LogP contribution in [0, 0.1) is 0 Å². The van der Waals surface area contributed by atoms with E-state index < -0.39 is 5.97 Å². The largest absolute Gasteiger partial charge is 0.496 e. The predicted octanol–water partition coefficient (Wildman–Crippen LogP) is 3.82. The maximum absolute atomic E-state index is 11.4. The molecule has 3 rings (SSSR count). The quantitative estimate of drug-likeness (QED) is 0.491. The van der Waals surface area contributed by atoms with Crippen molar-refractivity contribution >= 4 is 17.7 Å². The van der Waals surface area contributed by atoms with Gasteiger partial charge in [-0.1, -0.05) is 23.9 Å². The topological polar surface area (TPSA) is 74.5 Å². The van der Waals surface area contributed by atoms with E-state index in [1.807, 2.05) is 36.4 Å². The molecule has 7 heteroatoms. The third kappa shape index (κ3) is 4.00. The molecule has 0 atom stereocenters. The minimum absolute atomic E-state index is 0.190. The molecule has 1 aromatic carbocycles. The van der Waals surface area contributed by atoms with E-state index in [1.54, 1.807) is 19.2 Å². The van der Waals surface area contributed by atoms with Crippen molar-refractivity contribution in [2.75, 3.05) is 14.2 Å². The van der Waals surface area contributed by atoms with Gasteiger partial charge in [-0.2, -0.15) is 0 Å². The number of rotatable bonds is 6. The number of hydrogen-bond acceptors (Lipinski definition) is 7. The summed E-state index contributed by atoms with van der Waals surface area (Å²) in [7, 11) is 2.95. The number of nitrogens with zero attached hydrogens (tertiary/aromatic N) is 2. The van der Waals surface area contributed by atoms with Crippen LogP contribution in [0.5, 0.6) is 5.75 Å². The molecule has 25 heavy (non-hydrogen) atoms. The van der Waals surface area contributed by atoms with Gasteiger partial charge in [0.15, 0.2) is 0 Å². The number of esters is 1. The lowest BCUT2D eigenvalue weighted by Gasteiger charge is -2.07. The second-order valence-corrected chi connectivity index (χ2v) is 6.00.